The highest BCUT2D eigenvalue weighted by Gasteiger charge is 2.46. The second-order valence-corrected chi connectivity index (χ2v) is 9.83. The molecule has 0 radical (unpaired) electrons. The van der Waals surface area contributed by atoms with Crippen LogP contribution in [0, 0.1) is 11.8 Å². The number of fused-ring (bicyclic) bond motifs is 3. The fraction of sp³-hybridized carbons (Fsp3) is 0.481. The van der Waals surface area contributed by atoms with Crippen molar-refractivity contribution in [3.8, 4) is 11.1 Å². The Bertz CT molecular complexity index is 1080. The molecule has 2 N–H and O–H groups in total. The Morgan fingerprint density at radius 2 is 1.85 bits per heavy atom. The Morgan fingerprint density at radius 1 is 1.09 bits per heavy atom. The van der Waals surface area contributed by atoms with Crippen molar-refractivity contribution in [2.24, 2.45) is 11.8 Å². The van der Waals surface area contributed by atoms with E-state index >= 15 is 0 Å². The number of rotatable bonds is 4. The van der Waals surface area contributed by atoms with Crippen molar-refractivity contribution >= 4 is 17.5 Å². The molecule has 3 heterocycles. The number of anilines is 1. The predicted octanol–water partition coefficient (Wildman–Crippen LogP) is 3.16. The second-order valence-electron chi connectivity index (χ2n) is 9.83. The molecule has 0 aromatic heterocycles. The van der Waals surface area contributed by atoms with Crippen LogP contribution in [0.5, 0.6) is 0 Å². The number of likely N-dealkylation sites (tertiary alicyclic amines) is 1. The number of nitrogens with one attached hydrogen (secondary N) is 1. The average molecular weight is 464 g/mol. The number of aliphatic hydroxyl groups excluding tert-OH is 1. The van der Waals surface area contributed by atoms with Crippen molar-refractivity contribution in [2.75, 3.05) is 45.8 Å². The van der Waals surface area contributed by atoms with E-state index in [1.165, 1.54) is 0 Å². The zero-order valence-electron chi connectivity index (χ0n) is 19.9. The van der Waals surface area contributed by atoms with Gasteiger partial charge in [0.05, 0.1) is 18.7 Å². The first kappa shape index (κ1) is 22.9. The summed E-state index contributed by atoms with van der Waals surface area (Å²) in [6.07, 6.45) is 2.41. The van der Waals surface area contributed by atoms with Crippen LogP contribution in [0.2, 0.25) is 0 Å². The van der Waals surface area contributed by atoms with Crippen LogP contribution in [0.15, 0.2) is 42.5 Å². The van der Waals surface area contributed by atoms with Crippen LogP contribution in [-0.2, 0) is 9.53 Å². The molecule has 7 heteroatoms. The van der Waals surface area contributed by atoms with Gasteiger partial charge in [-0.25, -0.2) is 0 Å². The number of hydrogen-bond acceptors (Lipinski definition) is 5. The Balaban J connectivity index is 1.51. The summed E-state index contributed by atoms with van der Waals surface area (Å²) < 4.78 is 5.47. The Hall–Kier alpha value is -2.90. The van der Waals surface area contributed by atoms with Gasteiger partial charge in [0.2, 0.25) is 5.91 Å². The number of ether oxygens (including phenoxy) is 1. The smallest absolute Gasteiger partial charge is 0.253 e. The van der Waals surface area contributed by atoms with Crippen LogP contribution in [0.4, 0.5) is 5.69 Å². The Kier molecular flexibility index (Phi) is 6.32. The van der Waals surface area contributed by atoms with E-state index in [1.807, 2.05) is 36.4 Å². The molecule has 2 aromatic carbocycles. The van der Waals surface area contributed by atoms with Gasteiger partial charge >= 0.3 is 0 Å². The molecule has 0 spiro atoms. The van der Waals surface area contributed by atoms with Gasteiger partial charge in [-0.2, -0.15) is 0 Å². The number of carbonyl (C=O) groups is 2. The minimum Gasteiger partial charge on any atom is -0.394 e. The van der Waals surface area contributed by atoms with E-state index in [0.29, 0.717) is 25.3 Å². The molecule has 2 aromatic rings. The monoisotopic (exact) mass is 463 g/mol. The van der Waals surface area contributed by atoms with E-state index in [1.54, 1.807) is 19.0 Å². The molecule has 0 unspecified atom stereocenters. The van der Waals surface area contributed by atoms with Gasteiger partial charge in [-0.1, -0.05) is 18.2 Å². The molecule has 5 rings (SSSR count). The SMILES string of the molecule is CN(C)C(=O)c1cccc(-c2ccc3c(c2)[C@@H]2[C@@H](CCN2C(=O)C2CCOCC2)[C@H](CO)N3)c1. The molecule has 34 heavy (non-hydrogen) atoms. The van der Waals surface area contributed by atoms with Gasteiger partial charge < -0.3 is 25.0 Å². The highest BCUT2D eigenvalue weighted by Crippen LogP contribution is 2.48. The molecular weight excluding hydrogens is 430 g/mol. The first-order valence-corrected chi connectivity index (χ1v) is 12.2. The molecule has 0 bridgehead atoms. The molecule has 0 saturated carbocycles. The lowest BCUT2D eigenvalue weighted by Gasteiger charge is -2.40. The summed E-state index contributed by atoms with van der Waals surface area (Å²) >= 11 is 0. The summed E-state index contributed by atoms with van der Waals surface area (Å²) in [6, 6.07) is 13.8. The minimum absolute atomic E-state index is 0.00956. The van der Waals surface area contributed by atoms with Crippen molar-refractivity contribution in [1.82, 2.24) is 9.80 Å². The third-order valence-electron chi connectivity index (χ3n) is 7.57. The van der Waals surface area contributed by atoms with Gasteiger partial charge in [-0.05, 0) is 60.2 Å². The number of hydrogen-bond donors (Lipinski definition) is 2. The molecule has 3 aliphatic heterocycles. The lowest BCUT2D eigenvalue weighted by atomic mass is 9.81. The zero-order chi connectivity index (χ0) is 23.8. The number of nitrogens with zero attached hydrogens (tertiary/aromatic N) is 2. The molecule has 180 valence electrons. The fourth-order valence-corrected chi connectivity index (χ4v) is 5.76. The van der Waals surface area contributed by atoms with Crippen molar-refractivity contribution in [2.45, 2.75) is 31.3 Å². The lowest BCUT2D eigenvalue weighted by Crippen LogP contribution is -2.44. The predicted molar refractivity (Wildman–Crippen MR) is 130 cm³/mol. The number of aliphatic hydroxyl groups is 1. The maximum Gasteiger partial charge on any atom is 0.253 e. The molecule has 2 fully saturated rings. The lowest BCUT2D eigenvalue weighted by molar-refractivity contribution is -0.140. The van der Waals surface area contributed by atoms with Crippen molar-refractivity contribution in [1.29, 1.82) is 0 Å². The van der Waals surface area contributed by atoms with Gasteiger partial charge in [0.15, 0.2) is 0 Å². The fourth-order valence-electron chi connectivity index (χ4n) is 5.76. The highest BCUT2D eigenvalue weighted by atomic mass is 16.5. The van der Waals surface area contributed by atoms with Crippen LogP contribution >= 0.6 is 0 Å². The Labute approximate surface area is 200 Å². The maximum atomic E-state index is 13.5. The van der Waals surface area contributed by atoms with Gasteiger partial charge in [-0.15, -0.1) is 0 Å². The van der Waals surface area contributed by atoms with Crippen LogP contribution in [0.3, 0.4) is 0 Å². The van der Waals surface area contributed by atoms with Crippen LogP contribution < -0.4 is 5.32 Å². The van der Waals surface area contributed by atoms with Crippen LogP contribution in [-0.4, -0.2) is 73.2 Å². The molecule has 7 nitrogen and oxygen atoms in total. The minimum atomic E-state index is -0.0723. The van der Waals surface area contributed by atoms with E-state index in [9.17, 15) is 14.7 Å². The van der Waals surface area contributed by atoms with Gasteiger partial charge in [-0.3, -0.25) is 9.59 Å². The zero-order valence-corrected chi connectivity index (χ0v) is 19.9. The van der Waals surface area contributed by atoms with Gasteiger partial charge in [0.1, 0.15) is 0 Å². The average Bonchev–Trinajstić information content (AvgIpc) is 3.33. The van der Waals surface area contributed by atoms with Gasteiger partial charge in [0.25, 0.3) is 5.91 Å². The largest absolute Gasteiger partial charge is 0.394 e. The summed E-state index contributed by atoms with van der Waals surface area (Å²) in [6.45, 7) is 2.03. The summed E-state index contributed by atoms with van der Waals surface area (Å²) in [4.78, 5) is 29.7. The third-order valence-corrected chi connectivity index (χ3v) is 7.57. The molecule has 2 saturated heterocycles. The summed E-state index contributed by atoms with van der Waals surface area (Å²) in [7, 11) is 3.50. The number of benzene rings is 2. The number of amides is 2. The quantitative estimate of drug-likeness (QED) is 0.728. The first-order valence-electron chi connectivity index (χ1n) is 12.2. The summed E-state index contributed by atoms with van der Waals surface area (Å²) in [5, 5.41) is 13.6. The standard InChI is InChI=1S/C27H33N3O4/c1-29(2)26(32)20-5-3-4-18(14-20)19-6-7-23-22(15-19)25-21(24(16-31)28-23)8-11-30(25)27(33)17-9-12-34-13-10-17/h3-7,14-15,17,21,24-25,28,31H,8-13,16H2,1-2H3/t21-,24-,25-/m0/s1. The van der Waals surface area contributed by atoms with E-state index in [2.05, 4.69) is 16.3 Å². The summed E-state index contributed by atoms with van der Waals surface area (Å²) in [5.74, 6) is 0.356. The molecule has 0 aliphatic carbocycles. The van der Waals surface area contributed by atoms with Crippen LogP contribution in [0.1, 0.15) is 41.2 Å². The van der Waals surface area contributed by atoms with Crippen molar-refractivity contribution in [3.05, 3.63) is 53.6 Å². The van der Waals surface area contributed by atoms with Crippen molar-refractivity contribution in [3.63, 3.8) is 0 Å². The second kappa shape index (κ2) is 9.39. The third kappa shape index (κ3) is 4.07. The van der Waals surface area contributed by atoms with Crippen molar-refractivity contribution < 1.29 is 19.4 Å². The molecular formula is C27H33N3O4. The molecule has 2 amide bonds. The van der Waals surface area contributed by atoms with E-state index in [4.69, 9.17) is 4.74 Å². The molecule has 3 aliphatic rings. The molecule has 3 atom stereocenters. The van der Waals surface area contributed by atoms with E-state index in [0.717, 1.165) is 41.6 Å². The Morgan fingerprint density at radius 3 is 2.59 bits per heavy atom. The topological polar surface area (TPSA) is 82.1 Å². The van der Waals surface area contributed by atoms with Gasteiger partial charge in [0, 0.05) is 56.9 Å². The highest BCUT2D eigenvalue weighted by molar-refractivity contribution is 5.95. The summed E-state index contributed by atoms with van der Waals surface area (Å²) in [5.41, 5.74) is 4.69. The number of carbonyl (C=O) groups excluding carboxylic acids is 2. The normalized spacial score (nSPS) is 24.2. The van der Waals surface area contributed by atoms with Crippen LogP contribution in [0.25, 0.3) is 11.1 Å². The first-order chi connectivity index (χ1) is 16.5. The van der Waals surface area contributed by atoms with E-state index in [-0.39, 0.29) is 42.3 Å². The van der Waals surface area contributed by atoms with E-state index < -0.39 is 0 Å². The maximum absolute atomic E-state index is 13.5.